The van der Waals surface area contributed by atoms with Gasteiger partial charge in [0.05, 0.1) is 31.9 Å². The Balaban J connectivity index is 1.45. The van der Waals surface area contributed by atoms with Gasteiger partial charge in [-0.3, -0.25) is 0 Å². The van der Waals surface area contributed by atoms with Crippen LogP contribution in [-0.2, 0) is 15.7 Å². The highest BCUT2D eigenvalue weighted by Gasteiger charge is 2.50. The molecule has 6 nitrogen and oxygen atoms in total. The van der Waals surface area contributed by atoms with Crippen LogP contribution in [0.15, 0.2) is 91.0 Å². The molecule has 7 heteroatoms. The fourth-order valence-corrected chi connectivity index (χ4v) is 10.2. The molecule has 1 saturated heterocycles. The van der Waals surface area contributed by atoms with Gasteiger partial charge in [-0.1, -0.05) is 112 Å². The maximum Gasteiger partial charge on any atom is 0.407 e. The summed E-state index contributed by atoms with van der Waals surface area (Å²) in [4.78, 5) is 13.5. The molecule has 2 unspecified atom stereocenters. The second kappa shape index (κ2) is 13.4. The van der Waals surface area contributed by atoms with Crippen molar-refractivity contribution in [1.29, 1.82) is 0 Å². The molecule has 4 rings (SSSR count). The van der Waals surface area contributed by atoms with E-state index in [1.807, 2.05) is 30.3 Å². The van der Waals surface area contributed by atoms with E-state index < -0.39 is 14.4 Å². The highest BCUT2D eigenvalue weighted by Crippen LogP contribution is 2.37. The van der Waals surface area contributed by atoms with Crippen LogP contribution in [0.3, 0.4) is 0 Å². The van der Waals surface area contributed by atoms with Crippen LogP contribution in [0.5, 0.6) is 0 Å². The van der Waals surface area contributed by atoms with E-state index in [4.69, 9.17) is 9.16 Å². The number of hydrogen-bond donors (Lipinski definition) is 2. The van der Waals surface area contributed by atoms with Crippen LogP contribution >= 0.6 is 0 Å². The Morgan fingerprint density at radius 3 is 2.00 bits per heavy atom. The molecule has 208 valence electrons. The second-order valence-electron chi connectivity index (χ2n) is 11.3. The van der Waals surface area contributed by atoms with Crippen LogP contribution < -0.4 is 15.7 Å². The summed E-state index contributed by atoms with van der Waals surface area (Å²) in [6, 6.07) is 31.3. The maximum absolute atomic E-state index is 12.0. The minimum atomic E-state index is -2.73. The summed E-state index contributed by atoms with van der Waals surface area (Å²) in [5.74, 6) is 0. The first-order chi connectivity index (χ1) is 18.8. The molecule has 0 radical (unpaired) electrons. The van der Waals surface area contributed by atoms with E-state index in [9.17, 15) is 9.90 Å². The second-order valence-corrected chi connectivity index (χ2v) is 15.7. The van der Waals surface area contributed by atoms with Crippen molar-refractivity contribution in [2.24, 2.45) is 0 Å². The van der Waals surface area contributed by atoms with Crippen LogP contribution in [-0.4, -0.2) is 62.9 Å². The first-order valence-electron chi connectivity index (χ1n) is 13.9. The van der Waals surface area contributed by atoms with Crippen molar-refractivity contribution >= 4 is 24.8 Å². The van der Waals surface area contributed by atoms with Crippen molar-refractivity contribution in [3.8, 4) is 0 Å². The van der Waals surface area contributed by atoms with Crippen molar-refractivity contribution < 1.29 is 19.1 Å². The molecule has 1 aliphatic rings. The molecule has 2 atom stereocenters. The van der Waals surface area contributed by atoms with Crippen molar-refractivity contribution in [2.75, 3.05) is 26.2 Å². The third-order valence-electron chi connectivity index (χ3n) is 7.46. The Morgan fingerprint density at radius 2 is 1.46 bits per heavy atom. The molecule has 1 fully saturated rings. The van der Waals surface area contributed by atoms with Gasteiger partial charge < -0.3 is 24.5 Å². The summed E-state index contributed by atoms with van der Waals surface area (Å²) in [5, 5.41) is 15.6. The molecule has 0 spiro atoms. The fraction of sp³-hybridized carbons (Fsp3) is 0.406. The quantitative estimate of drug-likeness (QED) is 0.265. The number of hydrogen-bond acceptors (Lipinski definition) is 4. The summed E-state index contributed by atoms with van der Waals surface area (Å²) in [6.45, 7) is 9.47. The molecule has 1 amide bonds. The summed E-state index contributed by atoms with van der Waals surface area (Å²) in [5.41, 5.74) is 1.25. The number of ether oxygens (including phenoxy) is 1. The Labute approximate surface area is 234 Å². The molecule has 3 aromatic carbocycles. The lowest BCUT2D eigenvalue weighted by Crippen LogP contribution is -2.67. The highest BCUT2D eigenvalue weighted by molar-refractivity contribution is 6.99. The highest BCUT2D eigenvalue weighted by atomic mass is 28.4. The van der Waals surface area contributed by atoms with Crippen LogP contribution in [0.4, 0.5) is 4.79 Å². The summed E-state index contributed by atoms with van der Waals surface area (Å²) in [7, 11) is -2.73. The van der Waals surface area contributed by atoms with E-state index in [2.05, 4.69) is 86.8 Å². The number of carboxylic acid groups (broad SMARTS) is 1. The molecule has 0 saturated carbocycles. The van der Waals surface area contributed by atoms with E-state index in [0.29, 0.717) is 19.7 Å². The van der Waals surface area contributed by atoms with E-state index in [1.54, 1.807) is 0 Å². The van der Waals surface area contributed by atoms with E-state index in [0.717, 1.165) is 25.9 Å². The number of rotatable bonds is 11. The van der Waals surface area contributed by atoms with Gasteiger partial charge in [-0.2, -0.15) is 0 Å². The molecule has 3 aromatic rings. The zero-order valence-corrected chi connectivity index (χ0v) is 24.4. The predicted octanol–water partition coefficient (Wildman–Crippen LogP) is 4.88. The van der Waals surface area contributed by atoms with Crippen LogP contribution in [0.25, 0.3) is 0 Å². The van der Waals surface area contributed by atoms with E-state index >= 15 is 0 Å². The molecular weight excluding hydrogens is 504 g/mol. The molecular formula is C32H42N2O4Si. The average molecular weight is 547 g/mol. The zero-order valence-electron chi connectivity index (χ0n) is 23.4. The molecule has 0 aliphatic carbocycles. The van der Waals surface area contributed by atoms with Gasteiger partial charge in [-0.25, -0.2) is 4.79 Å². The van der Waals surface area contributed by atoms with Crippen LogP contribution in [0.2, 0.25) is 5.04 Å². The smallest absolute Gasteiger partial charge is 0.407 e. The lowest BCUT2D eigenvalue weighted by Gasteiger charge is -2.45. The number of amides is 1. The molecule has 39 heavy (non-hydrogen) atoms. The zero-order chi connectivity index (χ0) is 27.7. The minimum absolute atomic E-state index is 0.152. The monoisotopic (exact) mass is 546 g/mol. The molecule has 2 N–H and O–H groups in total. The van der Waals surface area contributed by atoms with Gasteiger partial charge in [0.2, 0.25) is 0 Å². The number of nitrogens with one attached hydrogen (secondary N) is 1. The van der Waals surface area contributed by atoms with Gasteiger partial charge in [0.1, 0.15) is 0 Å². The van der Waals surface area contributed by atoms with Crippen molar-refractivity contribution in [2.45, 2.75) is 57.4 Å². The predicted molar refractivity (Wildman–Crippen MR) is 159 cm³/mol. The van der Waals surface area contributed by atoms with E-state index in [1.165, 1.54) is 20.8 Å². The van der Waals surface area contributed by atoms with Gasteiger partial charge in [-0.05, 0) is 40.4 Å². The lowest BCUT2D eigenvalue weighted by molar-refractivity contribution is -0.0955. The maximum atomic E-state index is 12.0. The van der Waals surface area contributed by atoms with Crippen LogP contribution in [0, 0.1) is 0 Å². The summed E-state index contributed by atoms with van der Waals surface area (Å²) < 4.78 is 13.5. The molecule has 0 bridgehead atoms. The van der Waals surface area contributed by atoms with Gasteiger partial charge in [0.25, 0.3) is 8.32 Å². The first kappa shape index (κ1) is 29.0. The Bertz CT molecular complexity index is 1120. The summed E-state index contributed by atoms with van der Waals surface area (Å²) in [6.07, 6.45) is 0.329. The number of benzene rings is 3. The SMILES string of the molecule is CC(C)(C)[Si](OCC1CN(C(=O)O)CC(CCCNCc2ccccc2)O1)(c1ccccc1)c1ccccc1. The van der Waals surface area contributed by atoms with Gasteiger partial charge in [0.15, 0.2) is 0 Å². The Hall–Kier alpha value is -2.97. The van der Waals surface area contributed by atoms with Gasteiger partial charge in [0, 0.05) is 6.54 Å². The third kappa shape index (κ3) is 7.36. The number of morpholine rings is 1. The Morgan fingerprint density at radius 1 is 0.923 bits per heavy atom. The van der Waals surface area contributed by atoms with E-state index in [-0.39, 0.29) is 17.2 Å². The molecule has 1 heterocycles. The first-order valence-corrected chi connectivity index (χ1v) is 15.8. The van der Waals surface area contributed by atoms with Crippen molar-refractivity contribution in [1.82, 2.24) is 10.2 Å². The standard InChI is InChI=1S/C32H42N2O4Si/c1-32(2,3)39(29-17-9-5-10-18-29,30-19-11-6-12-20-30)37-25-28-24-34(31(35)36)23-27(38-28)16-13-21-33-22-26-14-7-4-8-15-26/h4-12,14-15,17-20,27-28,33H,13,16,21-25H2,1-3H3,(H,35,36). The van der Waals surface area contributed by atoms with Crippen molar-refractivity contribution in [3.63, 3.8) is 0 Å². The van der Waals surface area contributed by atoms with Gasteiger partial charge >= 0.3 is 6.09 Å². The van der Waals surface area contributed by atoms with Crippen LogP contribution in [0.1, 0.15) is 39.2 Å². The average Bonchev–Trinajstić information content (AvgIpc) is 2.94. The largest absolute Gasteiger partial charge is 0.465 e. The van der Waals surface area contributed by atoms with Crippen molar-refractivity contribution in [3.05, 3.63) is 96.6 Å². The fourth-order valence-electron chi connectivity index (χ4n) is 5.59. The summed E-state index contributed by atoms with van der Waals surface area (Å²) >= 11 is 0. The molecule has 0 aromatic heterocycles. The lowest BCUT2D eigenvalue weighted by atomic mass is 10.1. The third-order valence-corrected chi connectivity index (χ3v) is 12.5. The molecule has 1 aliphatic heterocycles. The number of carbonyl (C=O) groups is 1. The topological polar surface area (TPSA) is 71.0 Å². The normalized spacial score (nSPS) is 18.2. The minimum Gasteiger partial charge on any atom is -0.465 e. The Kier molecular flexibility index (Phi) is 9.97. The van der Waals surface area contributed by atoms with Gasteiger partial charge in [-0.15, -0.1) is 0 Å². The number of nitrogens with zero attached hydrogens (tertiary/aromatic N) is 1.